The summed E-state index contributed by atoms with van der Waals surface area (Å²) in [5.41, 5.74) is 1.75. The number of carbonyl (C=O) groups excluding carboxylic acids is 1. The maximum absolute atomic E-state index is 12.4. The van der Waals surface area contributed by atoms with E-state index in [9.17, 15) is 4.79 Å². The van der Waals surface area contributed by atoms with Gasteiger partial charge in [-0.3, -0.25) is 9.69 Å². The van der Waals surface area contributed by atoms with Crippen LogP contribution in [0.1, 0.15) is 28.2 Å². The van der Waals surface area contributed by atoms with Gasteiger partial charge in [0.25, 0.3) is 5.91 Å². The molecule has 2 aliphatic rings. The number of hydrogen-bond acceptors (Lipinski definition) is 5. The number of likely N-dealkylation sites (tertiary alicyclic amines) is 1. The van der Waals surface area contributed by atoms with Crippen LogP contribution in [0.25, 0.3) is 0 Å². The Morgan fingerprint density at radius 2 is 2.12 bits per heavy atom. The Labute approximate surface area is 147 Å². The Bertz CT molecular complexity index is 752. The van der Waals surface area contributed by atoms with E-state index in [2.05, 4.69) is 41.2 Å². The Morgan fingerprint density at radius 1 is 1.36 bits per heavy atom. The number of likely N-dealkylation sites (N-methyl/N-ethyl adjacent to an activating group) is 1. The van der Waals surface area contributed by atoms with E-state index in [1.54, 1.807) is 11.8 Å². The van der Waals surface area contributed by atoms with Gasteiger partial charge in [0.15, 0.2) is 6.39 Å². The summed E-state index contributed by atoms with van der Waals surface area (Å²) in [6.07, 6.45) is 2.27. The molecule has 2 fully saturated rings. The molecule has 1 aromatic heterocycles. The summed E-state index contributed by atoms with van der Waals surface area (Å²) < 4.78 is 11.3. The fourth-order valence-corrected chi connectivity index (χ4v) is 3.77. The molecular weight excluding hydrogens is 318 g/mol. The Balaban J connectivity index is 1.33. The van der Waals surface area contributed by atoms with Crippen LogP contribution in [0.5, 0.6) is 0 Å². The van der Waals surface area contributed by atoms with Crippen LogP contribution in [0, 0.1) is 6.92 Å². The highest BCUT2D eigenvalue weighted by Gasteiger charge is 2.52. The highest BCUT2D eigenvalue weighted by Crippen LogP contribution is 2.37. The molecular formula is C19H23N3O3. The number of oxazole rings is 1. The third-order valence-corrected chi connectivity index (χ3v) is 5.27. The van der Waals surface area contributed by atoms with Crippen LogP contribution in [0.2, 0.25) is 0 Å². The molecule has 1 atom stereocenters. The van der Waals surface area contributed by atoms with Crippen LogP contribution in [-0.2, 0) is 11.3 Å². The van der Waals surface area contributed by atoms with Gasteiger partial charge in [0.05, 0.1) is 25.4 Å². The first-order valence-corrected chi connectivity index (χ1v) is 8.64. The lowest BCUT2D eigenvalue weighted by molar-refractivity contribution is -0.0957. The van der Waals surface area contributed by atoms with Crippen LogP contribution < -0.4 is 0 Å². The normalized spacial score (nSPS) is 21.7. The van der Waals surface area contributed by atoms with Gasteiger partial charge >= 0.3 is 0 Å². The monoisotopic (exact) mass is 341 g/mol. The number of amides is 1. The van der Waals surface area contributed by atoms with Crippen molar-refractivity contribution in [1.29, 1.82) is 0 Å². The van der Waals surface area contributed by atoms with Crippen LogP contribution in [0.4, 0.5) is 0 Å². The number of carbonyl (C=O) groups is 1. The molecule has 4 rings (SSSR count). The van der Waals surface area contributed by atoms with E-state index in [0.29, 0.717) is 37.2 Å². The van der Waals surface area contributed by atoms with Gasteiger partial charge in [0.2, 0.25) is 5.76 Å². The van der Waals surface area contributed by atoms with Crippen molar-refractivity contribution in [1.82, 2.24) is 14.8 Å². The molecule has 2 saturated heterocycles. The fraction of sp³-hybridized carbons (Fsp3) is 0.474. The SMILES string of the molecule is Cc1ncoc1C(=O)N1CC2(CC(N(C)Cc3ccccc3)CO2)C1. The molecule has 0 radical (unpaired) electrons. The van der Waals surface area contributed by atoms with E-state index in [4.69, 9.17) is 9.15 Å². The van der Waals surface area contributed by atoms with Crippen molar-refractivity contribution >= 4 is 5.91 Å². The predicted molar refractivity (Wildman–Crippen MR) is 92.1 cm³/mol. The first kappa shape index (κ1) is 16.3. The lowest BCUT2D eigenvalue weighted by atomic mass is 9.88. The van der Waals surface area contributed by atoms with Crippen LogP contribution in [-0.4, -0.2) is 59.1 Å². The molecule has 132 valence electrons. The molecule has 0 saturated carbocycles. The van der Waals surface area contributed by atoms with Gasteiger partial charge < -0.3 is 14.1 Å². The summed E-state index contributed by atoms with van der Waals surface area (Å²) >= 11 is 0. The summed E-state index contributed by atoms with van der Waals surface area (Å²) in [6, 6.07) is 10.8. The molecule has 2 aliphatic heterocycles. The molecule has 0 bridgehead atoms. The third-order valence-electron chi connectivity index (χ3n) is 5.27. The zero-order chi connectivity index (χ0) is 17.4. The van der Waals surface area contributed by atoms with Gasteiger partial charge in [0.1, 0.15) is 5.60 Å². The molecule has 6 nitrogen and oxygen atoms in total. The van der Waals surface area contributed by atoms with Gasteiger partial charge in [-0.2, -0.15) is 0 Å². The average Bonchev–Trinajstić information content (AvgIpc) is 3.20. The van der Waals surface area contributed by atoms with E-state index >= 15 is 0 Å². The van der Waals surface area contributed by atoms with Crippen molar-refractivity contribution in [3.05, 3.63) is 53.7 Å². The molecule has 2 aromatic rings. The van der Waals surface area contributed by atoms with Crippen molar-refractivity contribution in [2.24, 2.45) is 0 Å². The number of aryl methyl sites for hydroxylation is 1. The molecule has 0 aliphatic carbocycles. The average molecular weight is 341 g/mol. The van der Waals surface area contributed by atoms with Crippen molar-refractivity contribution in [2.75, 3.05) is 26.7 Å². The van der Waals surface area contributed by atoms with Crippen molar-refractivity contribution in [3.63, 3.8) is 0 Å². The maximum atomic E-state index is 12.4. The summed E-state index contributed by atoms with van der Waals surface area (Å²) in [7, 11) is 2.14. The fourth-order valence-electron chi connectivity index (χ4n) is 3.77. The van der Waals surface area contributed by atoms with Crippen LogP contribution >= 0.6 is 0 Å². The zero-order valence-corrected chi connectivity index (χ0v) is 14.6. The largest absolute Gasteiger partial charge is 0.438 e. The predicted octanol–water partition coefficient (Wildman–Crippen LogP) is 2.10. The summed E-state index contributed by atoms with van der Waals surface area (Å²) in [5, 5.41) is 0. The quantitative estimate of drug-likeness (QED) is 0.852. The Hall–Kier alpha value is -2.18. The van der Waals surface area contributed by atoms with E-state index in [0.717, 1.165) is 13.0 Å². The number of nitrogens with zero attached hydrogens (tertiary/aromatic N) is 3. The molecule has 6 heteroatoms. The molecule has 1 aromatic carbocycles. The second-order valence-corrected chi connectivity index (χ2v) is 7.18. The second kappa shape index (κ2) is 6.28. The van der Waals surface area contributed by atoms with E-state index in [1.165, 1.54) is 12.0 Å². The summed E-state index contributed by atoms with van der Waals surface area (Å²) in [4.78, 5) is 20.5. The van der Waals surface area contributed by atoms with Gasteiger partial charge in [-0.25, -0.2) is 4.98 Å². The molecule has 1 unspecified atom stereocenters. The van der Waals surface area contributed by atoms with Gasteiger partial charge in [0, 0.05) is 12.6 Å². The smallest absolute Gasteiger partial charge is 0.291 e. The number of hydrogen-bond donors (Lipinski definition) is 0. The number of aromatic nitrogens is 1. The van der Waals surface area contributed by atoms with Crippen molar-refractivity contribution < 1.29 is 13.9 Å². The molecule has 25 heavy (non-hydrogen) atoms. The Kier molecular flexibility index (Phi) is 4.09. The van der Waals surface area contributed by atoms with Crippen molar-refractivity contribution in [3.8, 4) is 0 Å². The lowest BCUT2D eigenvalue weighted by Crippen LogP contribution is -2.63. The highest BCUT2D eigenvalue weighted by atomic mass is 16.5. The Morgan fingerprint density at radius 3 is 2.80 bits per heavy atom. The van der Waals surface area contributed by atoms with E-state index in [1.807, 2.05) is 6.07 Å². The van der Waals surface area contributed by atoms with E-state index < -0.39 is 0 Å². The zero-order valence-electron chi connectivity index (χ0n) is 14.6. The molecule has 3 heterocycles. The first-order chi connectivity index (χ1) is 12.1. The minimum absolute atomic E-state index is 0.0923. The summed E-state index contributed by atoms with van der Waals surface area (Å²) in [5.74, 6) is 0.246. The van der Waals surface area contributed by atoms with Crippen LogP contribution in [0.15, 0.2) is 41.1 Å². The maximum Gasteiger partial charge on any atom is 0.291 e. The third kappa shape index (κ3) is 3.07. The number of benzene rings is 1. The standard InChI is InChI=1S/C19H23N3O3/c1-14-17(24-13-20-14)18(23)22-11-19(12-22)8-16(10-25-19)21(2)9-15-6-4-3-5-7-15/h3-7,13,16H,8-12H2,1-2H3. The van der Waals surface area contributed by atoms with Gasteiger partial charge in [-0.15, -0.1) is 0 Å². The van der Waals surface area contributed by atoms with E-state index in [-0.39, 0.29) is 11.5 Å². The van der Waals surface area contributed by atoms with Gasteiger partial charge in [-0.1, -0.05) is 30.3 Å². The minimum Gasteiger partial charge on any atom is -0.438 e. The number of rotatable bonds is 4. The molecule has 1 spiro atoms. The lowest BCUT2D eigenvalue weighted by Gasteiger charge is -2.46. The topological polar surface area (TPSA) is 58.8 Å². The van der Waals surface area contributed by atoms with Crippen molar-refractivity contribution in [2.45, 2.75) is 31.5 Å². The van der Waals surface area contributed by atoms with Gasteiger partial charge in [-0.05, 0) is 26.0 Å². The highest BCUT2D eigenvalue weighted by molar-refractivity contribution is 5.93. The number of ether oxygens (including phenoxy) is 1. The molecule has 0 N–H and O–H groups in total. The summed E-state index contributed by atoms with van der Waals surface area (Å²) in [6.45, 7) is 4.66. The minimum atomic E-state index is -0.195. The molecule has 1 amide bonds. The van der Waals surface area contributed by atoms with Crippen LogP contribution in [0.3, 0.4) is 0 Å². The second-order valence-electron chi connectivity index (χ2n) is 7.18. The first-order valence-electron chi connectivity index (χ1n) is 8.64.